The zero-order valence-corrected chi connectivity index (χ0v) is 15.0. The number of amides is 4. The summed E-state index contributed by atoms with van der Waals surface area (Å²) in [6.45, 7) is 1.29. The standard InChI is InChI=1S/C18H16BrN3O3/c1-18(12-5-3-2-4-6-12)16(24)22(17(25)21-18)11-15(23)20-14-9-7-13(19)8-10-14/h2-10H,11H2,1H3,(H,20,23)(H,21,25)/t18-/m0/s1. The zero-order chi connectivity index (χ0) is 18.0. The fraction of sp³-hybridized carbons (Fsp3) is 0.167. The number of imide groups is 1. The number of urea groups is 1. The Kier molecular flexibility index (Phi) is 4.59. The third-order valence-electron chi connectivity index (χ3n) is 4.06. The smallest absolute Gasteiger partial charge is 0.325 e. The number of hydrogen-bond donors (Lipinski definition) is 2. The van der Waals surface area contributed by atoms with Gasteiger partial charge in [-0.05, 0) is 36.8 Å². The van der Waals surface area contributed by atoms with Gasteiger partial charge in [0.05, 0.1) is 0 Å². The number of carbonyl (C=O) groups is 3. The minimum atomic E-state index is -1.17. The lowest BCUT2D eigenvalue weighted by Gasteiger charge is -2.22. The quantitative estimate of drug-likeness (QED) is 0.773. The number of halogens is 1. The van der Waals surface area contributed by atoms with Crippen LogP contribution in [0.1, 0.15) is 12.5 Å². The molecule has 0 saturated carbocycles. The van der Waals surface area contributed by atoms with Gasteiger partial charge in [-0.3, -0.25) is 14.5 Å². The lowest BCUT2D eigenvalue weighted by atomic mass is 9.92. The van der Waals surface area contributed by atoms with Crippen LogP contribution >= 0.6 is 15.9 Å². The van der Waals surface area contributed by atoms with Gasteiger partial charge in [0, 0.05) is 10.2 Å². The van der Waals surface area contributed by atoms with E-state index in [0.717, 1.165) is 9.37 Å². The molecule has 1 fully saturated rings. The molecular weight excluding hydrogens is 386 g/mol. The van der Waals surface area contributed by atoms with Crippen LogP contribution < -0.4 is 10.6 Å². The SMILES string of the molecule is C[C@@]1(c2ccccc2)NC(=O)N(CC(=O)Nc2ccc(Br)cc2)C1=O. The molecule has 25 heavy (non-hydrogen) atoms. The molecule has 0 aromatic heterocycles. The number of benzene rings is 2. The van der Waals surface area contributed by atoms with Crippen LogP contribution in [0.4, 0.5) is 10.5 Å². The van der Waals surface area contributed by atoms with E-state index in [9.17, 15) is 14.4 Å². The second kappa shape index (κ2) is 6.68. The maximum atomic E-state index is 12.7. The fourth-order valence-electron chi connectivity index (χ4n) is 2.69. The number of hydrogen-bond acceptors (Lipinski definition) is 3. The highest BCUT2D eigenvalue weighted by atomic mass is 79.9. The van der Waals surface area contributed by atoms with Crippen LogP contribution in [-0.4, -0.2) is 29.3 Å². The zero-order valence-electron chi connectivity index (χ0n) is 13.5. The Bertz CT molecular complexity index is 823. The second-order valence-corrected chi connectivity index (χ2v) is 6.78. The molecule has 7 heteroatoms. The van der Waals surface area contributed by atoms with Crippen molar-refractivity contribution in [2.75, 3.05) is 11.9 Å². The third kappa shape index (κ3) is 3.41. The van der Waals surface area contributed by atoms with Crippen molar-refractivity contribution >= 4 is 39.5 Å². The van der Waals surface area contributed by atoms with Gasteiger partial charge in [0.1, 0.15) is 12.1 Å². The van der Waals surface area contributed by atoms with Crippen molar-refractivity contribution in [3.8, 4) is 0 Å². The van der Waals surface area contributed by atoms with Crippen LogP contribution in [0.25, 0.3) is 0 Å². The van der Waals surface area contributed by atoms with E-state index in [0.29, 0.717) is 11.3 Å². The Morgan fingerprint density at radius 1 is 1.12 bits per heavy atom. The van der Waals surface area contributed by atoms with Gasteiger partial charge in [-0.2, -0.15) is 0 Å². The molecule has 1 aliphatic heterocycles. The first-order chi connectivity index (χ1) is 11.9. The van der Waals surface area contributed by atoms with Crippen molar-refractivity contribution in [3.05, 3.63) is 64.6 Å². The topological polar surface area (TPSA) is 78.5 Å². The summed E-state index contributed by atoms with van der Waals surface area (Å²) in [5.74, 6) is -0.891. The molecule has 1 aliphatic rings. The van der Waals surface area contributed by atoms with Gasteiger partial charge in [-0.15, -0.1) is 0 Å². The monoisotopic (exact) mass is 401 g/mol. The first kappa shape index (κ1) is 17.2. The van der Waals surface area contributed by atoms with E-state index < -0.39 is 23.4 Å². The van der Waals surface area contributed by atoms with Crippen LogP contribution in [-0.2, 0) is 15.1 Å². The molecular formula is C18H16BrN3O3. The average Bonchev–Trinajstić information content (AvgIpc) is 2.82. The molecule has 3 rings (SSSR count). The largest absolute Gasteiger partial charge is 0.325 e. The van der Waals surface area contributed by atoms with Crippen molar-refractivity contribution < 1.29 is 14.4 Å². The maximum Gasteiger partial charge on any atom is 0.325 e. The molecule has 0 aliphatic carbocycles. The number of rotatable bonds is 4. The van der Waals surface area contributed by atoms with Crippen molar-refractivity contribution in [3.63, 3.8) is 0 Å². The van der Waals surface area contributed by atoms with E-state index in [1.165, 1.54) is 0 Å². The average molecular weight is 402 g/mol. The molecule has 1 atom stereocenters. The van der Waals surface area contributed by atoms with E-state index in [1.54, 1.807) is 55.5 Å². The lowest BCUT2D eigenvalue weighted by Crippen LogP contribution is -2.42. The van der Waals surface area contributed by atoms with Gasteiger partial charge >= 0.3 is 6.03 Å². The molecule has 6 nitrogen and oxygen atoms in total. The van der Waals surface area contributed by atoms with E-state index in [4.69, 9.17) is 0 Å². The molecule has 1 heterocycles. The second-order valence-electron chi connectivity index (χ2n) is 5.87. The van der Waals surface area contributed by atoms with Crippen LogP contribution in [0.3, 0.4) is 0 Å². The number of carbonyl (C=O) groups excluding carboxylic acids is 3. The Balaban J connectivity index is 1.72. The molecule has 2 N–H and O–H groups in total. The summed E-state index contributed by atoms with van der Waals surface area (Å²) in [5, 5.41) is 5.34. The summed E-state index contributed by atoms with van der Waals surface area (Å²) >= 11 is 3.31. The third-order valence-corrected chi connectivity index (χ3v) is 4.58. The molecule has 0 unspecified atom stereocenters. The number of anilines is 1. The van der Waals surface area contributed by atoms with Gasteiger partial charge in [-0.1, -0.05) is 46.3 Å². The number of nitrogens with zero attached hydrogens (tertiary/aromatic N) is 1. The van der Waals surface area contributed by atoms with Gasteiger partial charge < -0.3 is 10.6 Å². The predicted octanol–water partition coefficient (Wildman–Crippen LogP) is 2.85. The van der Waals surface area contributed by atoms with Crippen molar-refractivity contribution in [2.24, 2.45) is 0 Å². The van der Waals surface area contributed by atoms with Gasteiger partial charge in [-0.25, -0.2) is 4.79 Å². The highest BCUT2D eigenvalue weighted by Gasteiger charge is 2.49. The van der Waals surface area contributed by atoms with Crippen molar-refractivity contribution in [2.45, 2.75) is 12.5 Å². The molecule has 2 aromatic carbocycles. The van der Waals surface area contributed by atoms with Gasteiger partial charge in [0.2, 0.25) is 5.91 Å². The molecule has 2 aromatic rings. The highest BCUT2D eigenvalue weighted by molar-refractivity contribution is 9.10. The van der Waals surface area contributed by atoms with E-state index >= 15 is 0 Å². The van der Waals surface area contributed by atoms with Gasteiger partial charge in [0.15, 0.2) is 0 Å². The Morgan fingerprint density at radius 2 is 1.76 bits per heavy atom. The predicted molar refractivity (Wildman–Crippen MR) is 96.8 cm³/mol. The van der Waals surface area contributed by atoms with Crippen LogP contribution in [0.2, 0.25) is 0 Å². The van der Waals surface area contributed by atoms with Gasteiger partial charge in [0.25, 0.3) is 5.91 Å². The van der Waals surface area contributed by atoms with Crippen molar-refractivity contribution in [1.29, 1.82) is 0 Å². The fourth-order valence-corrected chi connectivity index (χ4v) is 2.95. The summed E-state index contributed by atoms with van der Waals surface area (Å²) in [4.78, 5) is 38.1. The summed E-state index contributed by atoms with van der Waals surface area (Å²) in [6.07, 6.45) is 0. The summed E-state index contributed by atoms with van der Waals surface area (Å²) < 4.78 is 0.887. The minimum Gasteiger partial charge on any atom is -0.325 e. The van der Waals surface area contributed by atoms with Crippen molar-refractivity contribution in [1.82, 2.24) is 10.2 Å². The van der Waals surface area contributed by atoms with Crippen LogP contribution in [0.5, 0.6) is 0 Å². The maximum absolute atomic E-state index is 12.7. The van der Waals surface area contributed by atoms with E-state index in [1.807, 2.05) is 6.07 Å². The summed E-state index contributed by atoms with van der Waals surface area (Å²) in [6, 6.07) is 15.4. The summed E-state index contributed by atoms with van der Waals surface area (Å²) in [7, 11) is 0. The van der Waals surface area contributed by atoms with E-state index in [-0.39, 0.29) is 6.54 Å². The molecule has 1 saturated heterocycles. The summed E-state index contributed by atoms with van der Waals surface area (Å²) in [5.41, 5.74) is 0.0891. The Morgan fingerprint density at radius 3 is 2.40 bits per heavy atom. The highest BCUT2D eigenvalue weighted by Crippen LogP contribution is 2.28. The first-order valence-electron chi connectivity index (χ1n) is 7.65. The first-order valence-corrected chi connectivity index (χ1v) is 8.44. The molecule has 0 spiro atoms. The lowest BCUT2D eigenvalue weighted by molar-refractivity contribution is -0.133. The Hall–Kier alpha value is -2.67. The number of nitrogens with one attached hydrogen (secondary N) is 2. The normalized spacial score (nSPS) is 19.7. The van der Waals surface area contributed by atoms with Crippen LogP contribution in [0.15, 0.2) is 59.1 Å². The molecule has 0 bridgehead atoms. The van der Waals surface area contributed by atoms with E-state index in [2.05, 4.69) is 26.6 Å². The molecule has 128 valence electrons. The van der Waals surface area contributed by atoms with Crippen LogP contribution in [0, 0.1) is 0 Å². The Labute approximate surface area is 153 Å². The molecule has 0 radical (unpaired) electrons. The minimum absolute atomic E-state index is 0.344. The molecule has 4 amide bonds.